The zero-order valence-electron chi connectivity index (χ0n) is 9.16. The van der Waals surface area contributed by atoms with Gasteiger partial charge in [-0.05, 0) is 67.8 Å². The smallest absolute Gasteiger partial charge is 0.203 e. The van der Waals surface area contributed by atoms with Crippen LogP contribution >= 0.6 is 34.1 Å². The van der Waals surface area contributed by atoms with Crippen molar-refractivity contribution in [3.8, 4) is 0 Å². The van der Waals surface area contributed by atoms with Gasteiger partial charge >= 0.3 is 0 Å². The van der Waals surface area contributed by atoms with Crippen molar-refractivity contribution in [3.63, 3.8) is 0 Å². The van der Waals surface area contributed by atoms with Crippen LogP contribution in [0.4, 0.5) is 0 Å². The molecular formula is C12H15IN2S. The van der Waals surface area contributed by atoms with Crippen LogP contribution in [0.5, 0.6) is 0 Å². The highest BCUT2D eigenvalue weighted by Gasteiger charge is 2.53. The molecule has 0 unspecified atom stereocenters. The van der Waals surface area contributed by atoms with Gasteiger partial charge in [-0.15, -0.1) is 0 Å². The SMILES string of the molecule is Ic1nsc(C23CC4CC(CC(C4)C2)C3)n1. The third-order valence-electron chi connectivity index (χ3n) is 4.89. The minimum absolute atomic E-state index is 0.454. The van der Waals surface area contributed by atoms with Crippen molar-refractivity contribution in [2.45, 2.75) is 43.9 Å². The molecule has 4 aliphatic carbocycles. The van der Waals surface area contributed by atoms with E-state index in [9.17, 15) is 0 Å². The average molecular weight is 346 g/mol. The van der Waals surface area contributed by atoms with Crippen LogP contribution in [0.1, 0.15) is 43.5 Å². The van der Waals surface area contributed by atoms with Crippen LogP contribution < -0.4 is 0 Å². The van der Waals surface area contributed by atoms with Crippen molar-refractivity contribution in [2.24, 2.45) is 17.8 Å². The molecule has 1 aromatic rings. The third-order valence-corrected chi connectivity index (χ3v) is 6.66. The molecule has 4 heteroatoms. The molecule has 16 heavy (non-hydrogen) atoms. The first-order chi connectivity index (χ1) is 7.73. The van der Waals surface area contributed by atoms with Gasteiger partial charge in [0, 0.05) is 28.0 Å². The number of hydrogen-bond donors (Lipinski definition) is 0. The van der Waals surface area contributed by atoms with Crippen molar-refractivity contribution in [3.05, 3.63) is 8.84 Å². The lowest BCUT2D eigenvalue weighted by Crippen LogP contribution is -2.48. The van der Waals surface area contributed by atoms with E-state index in [0.717, 1.165) is 21.6 Å². The van der Waals surface area contributed by atoms with Gasteiger partial charge in [0.25, 0.3) is 0 Å². The van der Waals surface area contributed by atoms with Crippen molar-refractivity contribution in [1.82, 2.24) is 9.36 Å². The van der Waals surface area contributed by atoms with Crippen LogP contribution in [0.25, 0.3) is 0 Å². The average Bonchev–Trinajstić information content (AvgIpc) is 2.63. The Morgan fingerprint density at radius 3 is 2.06 bits per heavy atom. The van der Waals surface area contributed by atoms with Crippen molar-refractivity contribution in [2.75, 3.05) is 0 Å². The quantitative estimate of drug-likeness (QED) is 0.726. The van der Waals surface area contributed by atoms with Gasteiger partial charge in [0.2, 0.25) is 3.83 Å². The summed E-state index contributed by atoms with van der Waals surface area (Å²) >= 11 is 3.92. The second kappa shape index (κ2) is 3.40. The highest BCUT2D eigenvalue weighted by Crippen LogP contribution is 2.60. The number of aromatic nitrogens is 2. The maximum atomic E-state index is 4.69. The van der Waals surface area contributed by atoms with Gasteiger partial charge in [-0.25, -0.2) is 4.98 Å². The summed E-state index contributed by atoms with van der Waals surface area (Å²) in [7, 11) is 0. The van der Waals surface area contributed by atoms with E-state index in [1.165, 1.54) is 43.5 Å². The van der Waals surface area contributed by atoms with E-state index in [1.807, 2.05) is 0 Å². The molecule has 1 heterocycles. The largest absolute Gasteiger partial charge is 0.214 e. The Balaban J connectivity index is 1.76. The van der Waals surface area contributed by atoms with Crippen molar-refractivity contribution >= 4 is 34.1 Å². The molecule has 4 saturated carbocycles. The van der Waals surface area contributed by atoms with E-state index in [0.29, 0.717) is 5.41 Å². The van der Waals surface area contributed by atoms with Crippen LogP contribution in [0, 0.1) is 21.6 Å². The van der Waals surface area contributed by atoms with E-state index in [4.69, 9.17) is 4.98 Å². The van der Waals surface area contributed by atoms with Crippen molar-refractivity contribution < 1.29 is 0 Å². The van der Waals surface area contributed by atoms with Crippen LogP contribution in [-0.4, -0.2) is 9.36 Å². The maximum absolute atomic E-state index is 4.69. The summed E-state index contributed by atoms with van der Waals surface area (Å²) in [5.41, 5.74) is 0.454. The Kier molecular flexibility index (Phi) is 2.18. The zero-order chi connectivity index (χ0) is 10.8. The van der Waals surface area contributed by atoms with E-state index < -0.39 is 0 Å². The summed E-state index contributed by atoms with van der Waals surface area (Å²) in [4.78, 5) is 4.69. The van der Waals surface area contributed by atoms with E-state index >= 15 is 0 Å². The number of rotatable bonds is 1. The molecule has 0 atom stereocenters. The summed E-state index contributed by atoms with van der Waals surface area (Å²) in [6, 6.07) is 0. The molecule has 0 amide bonds. The Morgan fingerprint density at radius 1 is 1.06 bits per heavy atom. The molecular weight excluding hydrogens is 331 g/mol. The van der Waals surface area contributed by atoms with Gasteiger partial charge in [0.15, 0.2) is 0 Å². The van der Waals surface area contributed by atoms with Crippen LogP contribution in [-0.2, 0) is 5.41 Å². The van der Waals surface area contributed by atoms with Crippen LogP contribution in [0.3, 0.4) is 0 Å². The molecule has 4 bridgehead atoms. The second-order valence-corrected chi connectivity index (χ2v) is 7.78. The predicted octanol–water partition coefficient (Wildman–Crippen LogP) is 3.61. The molecule has 0 spiro atoms. The van der Waals surface area contributed by atoms with Gasteiger partial charge < -0.3 is 0 Å². The van der Waals surface area contributed by atoms with E-state index in [1.54, 1.807) is 11.5 Å². The Hall–Kier alpha value is 0.290. The Morgan fingerprint density at radius 2 is 1.62 bits per heavy atom. The molecule has 4 fully saturated rings. The molecule has 86 valence electrons. The fourth-order valence-electron chi connectivity index (χ4n) is 4.79. The Labute approximate surface area is 114 Å². The molecule has 5 rings (SSSR count). The maximum Gasteiger partial charge on any atom is 0.203 e. The lowest BCUT2D eigenvalue weighted by molar-refractivity contribution is -0.00532. The summed E-state index contributed by atoms with van der Waals surface area (Å²) in [5, 5.41) is 1.36. The van der Waals surface area contributed by atoms with Gasteiger partial charge in [-0.3, -0.25) is 0 Å². The fourth-order valence-corrected chi connectivity index (χ4v) is 6.27. The molecule has 1 aromatic heterocycles. The Bertz CT molecular complexity index is 393. The lowest BCUT2D eigenvalue weighted by Gasteiger charge is -2.55. The first-order valence-corrected chi connectivity index (χ1v) is 8.08. The number of nitrogens with zero attached hydrogens (tertiary/aromatic N) is 2. The minimum atomic E-state index is 0.454. The molecule has 0 radical (unpaired) electrons. The molecule has 0 aromatic carbocycles. The first kappa shape index (κ1) is 10.2. The summed E-state index contributed by atoms with van der Waals surface area (Å²) in [6.07, 6.45) is 8.75. The molecule has 2 nitrogen and oxygen atoms in total. The lowest BCUT2D eigenvalue weighted by atomic mass is 9.50. The molecule has 4 aliphatic rings. The molecule has 0 aliphatic heterocycles. The standard InChI is InChI=1S/C12H15IN2S/c13-11-14-10(16-15-11)12-4-7-1-8(5-12)3-9(2-7)6-12/h7-9H,1-6H2. The number of halogens is 1. The fraction of sp³-hybridized carbons (Fsp3) is 0.833. The monoisotopic (exact) mass is 346 g/mol. The zero-order valence-corrected chi connectivity index (χ0v) is 12.1. The van der Waals surface area contributed by atoms with E-state index in [2.05, 4.69) is 27.0 Å². The van der Waals surface area contributed by atoms with E-state index in [-0.39, 0.29) is 0 Å². The summed E-state index contributed by atoms with van der Waals surface area (Å²) in [5.74, 6) is 3.02. The van der Waals surface area contributed by atoms with Crippen LogP contribution in [0.2, 0.25) is 0 Å². The normalized spacial score (nSPS) is 45.2. The van der Waals surface area contributed by atoms with Gasteiger partial charge in [0.1, 0.15) is 5.01 Å². The van der Waals surface area contributed by atoms with Gasteiger partial charge in [-0.1, -0.05) is 0 Å². The predicted molar refractivity (Wildman–Crippen MR) is 72.5 cm³/mol. The molecule has 0 N–H and O–H groups in total. The highest BCUT2D eigenvalue weighted by atomic mass is 127. The number of hydrogen-bond acceptors (Lipinski definition) is 3. The van der Waals surface area contributed by atoms with Crippen molar-refractivity contribution in [1.29, 1.82) is 0 Å². The van der Waals surface area contributed by atoms with Gasteiger partial charge in [-0.2, -0.15) is 4.37 Å². The van der Waals surface area contributed by atoms with Gasteiger partial charge in [0.05, 0.1) is 0 Å². The summed E-state index contributed by atoms with van der Waals surface area (Å²) in [6.45, 7) is 0. The minimum Gasteiger partial charge on any atom is -0.214 e. The van der Waals surface area contributed by atoms with Crippen LogP contribution in [0.15, 0.2) is 0 Å². The topological polar surface area (TPSA) is 25.8 Å². The summed E-state index contributed by atoms with van der Waals surface area (Å²) < 4.78 is 5.34. The molecule has 0 saturated heterocycles. The first-order valence-electron chi connectivity index (χ1n) is 6.23. The highest BCUT2D eigenvalue weighted by molar-refractivity contribution is 14.1. The second-order valence-electron chi connectivity index (χ2n) is 6.07. The third kappa shape index (κ3) is 1.41.